The molecule has 0 aliphatic heterocycles. The quantitative estimate of drug-likeness (QED) is 0.627. The normalized spacial score (nSPS) is 11.8. The van der Waals surface area contributed by atoms with Crippen molar-refractivity contribution < 1.29 is 19.5 Å². The number of aromatic carboxylic acids is 1. The summed E-state index contributed by atoms with van der Waals surface area (Å²) < 4.78 is 0.806. The van der Waals surface area contributed by atoms with Gasteiger partial charge in [0.15, 0.2) is 11.5 Å². The smallest absolute Gasteiger partial charge is 0.357 e. The average molecular weight is 393 g/mol. The lowest BCUT2D eigenvalue weighted by molar-refractivity contribution is -0.127. The van der Waals surface area contributed by atoms with E-state index in [1.807, 2.05) is 30.3 Å². The molecule has 8 nitrogen and oxygen atoms in total. The highest BCUT2D eigenvalue weighted by Gasteiger charge is 2.20. The van der Waals surface area contributed by atoms with Crippen LogP contribution in [-0.4, -0.2) is 38.6 Å². The number of nitrogens with one attached hydrogen (secondary N) is 1. The lowest BCUT2D eigenvalue weighted by atomic mass is 10.0. The zero-order valence-corrected chi connectivity index (χ0v) is 15.7. The van der Waals surface area contributed by atoms with E-state index < -0.39 is 30.0 Å². The van der Waals surface area contributed by atoms with Gasteiger partial charge in [0.25, 0.3) is 5.56 Å². The van der Waals surface area contributed by atoms with Crippen LogP contribution in [0.25, 0.3) is 10.8 Å². The number of benzene rings is 2. The first kappa shape index (κ1) is 19.9. The third-order valence-corrected chi connectivity index (χ3v) is 4.47. The molecule has 0 spiro atoms. The molecule has 0 aliphatic rings. The maximum Gasteiger partial charge on any atom is 0.357 e. The maximum atomic E-state index is 12.6. The maximum absolute atomic E-state index is 12.6. The number of carboxylic acids is 1. The molecule has 8 heteroatoms. The Morgan fingerprint density at radius 2 is 1.66 bits per heavy atom. The topological polar surface area (TPSA) is 118 Å². The minimum Gasteiger partial charge on any atom is -0.476 e. The Morgan fingerprint density at radius 3 is 2.28 bits per heavy atom. The fraction of sp³-hybridized carbons (Fsp3) is 0.190. The molecule has 1 atom stereocenters. The fourth-order valence-corrected chi connectivity index (χ4v) is 3.02. The Balaban J connectivity index is 1.85. The summed E-state index contributed by atoms with van der Waals surface area (Å²) in [6.45, 7) is 0.874. The van der Waals surface area contributed by atoms with Crippen LogP contribution >= 0.6 is 0 Å². The Bertz CT molecular complexity index is 1140. The van der Waals surface area contributed by atoms with Crippen molar-refractivity contribution in [2.45, 2.75) is 25.9 Å². The van der Waals surface area contributed by atoms with Gasteiger partial charge < -0.3 is 10.4 Å². The van der Waals surface area contributed by atoms with Crippen LogP contribution in [-0.2, 0) is 22.6 Å². The Hall–Kier alpha value is -3.81. The van der Waals surface area contributed by atoms with E-state index in [0.717, 1.165) is 10.2 Å². The van der Waals surface area contributed by atoms with Gasteiger partial charge in [0.2, 0.25) is 5.91 Å². The zero-order valence-electron chi connectivity index (χ0n) is 15.7. The van der Waals surface area contributed by atoms with Gasteiger partial charge >= 0.3 is 5.97 Å². The summed E-state index contributed by atoms with van der Waals surface area (Å²) in [7, 11) is 0. The molecule has 0 unspecified atom stereocenters. The van der Waals surface area contributed by atoms with Gasteiger partial charge in [0, 0.05) is 5.39 Å². The summed E-state index contributed by atoms with van der Waals surface area (Å²) in [6.07, 6.45) is 0.308. The van der Waals surface area contributed by atoms with E-state index in [1.165, 1.54) is 19.1 Å². The van der Waals surface area contributed by atoms with E-state index in [1.54, 1.807) is 12.1 Å². The van der Waals surface area contributed by atoms with Crippen LogP contribution in [0.1, 0.15) is 23.0 Å². The first-order valence-electron chi connectivity index (χ1n) is 8.93. The summed E-state index contributed by atoms with van der Waals surface area (Å²) in [6, 6.07) is 14.6. The molecule has 0 saturated carbocycles. The third kappa shape index (κ3) is 4.55. The number of hydrogen-bond donors (Lipinski definition) is 2. The molecule has 0 radical (unpaired) electrons. The minimum atomic E-state index is -1.30. The van der Waals surface area contributed by atoms with E-state index in [9.17, 15) is 24.3 Å². The third-order valence-electron chi connectivity index (χ3n) is 4.47. The van der Waals surface area contributed by atoms with Crippen molar-refractivity contribution in [3.63, 3.8) is 0 Å². The molecule has 1 amide bonds. The highest BCUT2D eigenvalue weighted by molar-refractivity contribution is 6.01. The van der Waals surface area contributed by atoms with E-state index in [0.29, 0.717) is 6.42 Å². The van der Waals surface area contributed by atoms with Crippen molar-refractivity contribution in [1.82, 2.24) is 15.1 Å². The van der Waals surface area contributed by atoms with Gasteiger partial charge in [0.1, 0.15) is 6.54 Å². The number of carboxylic acid groups (broad SMARTS) is 1. The molecular formula is C21H19N3O5. The number of Topliss-reactive ketones (excluding diaryl/α,β-unsaturated/α-hetero) is 1. The van der Waals surface area contributed by atoms with Crippen LogP contribution < -0.4 is 10.9 Å². The molecule has 3 aromatic rings. The number of aromatic nitrogens is 2. The highest BCUT2D eigenvalue weighted by Crippen LogP contribution is 2.13. The first-order valence-corrected chi connectivity index (χ1v) is 8.93. The van der Waals surface area contributed by atoms with Gasteiger partial charge in [-0.1, -0.05) is 48.5 Å². The first-order chi connectivity index (χ1) is 13.9. The van der Waals surface area contributed by atoms with Crippen molar-refractivity contribution in [1.29, 1.82) is 0 Å². The van der Waals surface area contributed by atoms with Gasteiger partial charge in [-0.3, -0.25) is 14.4 Å². The molecule has 0 aliphatic carbocycles. The van der Waals surface area contributed by atoms with Crippen molar-refractivity contribution in [2.75, 3.05) is 0 Å². The molecule has 2 aromatic carbocycles. The lowest BCUT2D eigenvalue weighted by Crippen LogP contribution is -2.44. The van der Waals surface area contributed by atoms with Gasteiger partial charge in [-0.05, 0) is 25.0 Å². The monoisotopic (exact) mass is 393 g/mol. The van der Waals surface area contributed by atoms with E-state index >= 15 is 0 Å². The largest absolute Gasteiger partial charge is 0.476 e. The summed E-state index contributed by atoms with van der Waals surface area (Å²) in [5, 5.41) is 16.2. The molecule has 3 rings (SSSR count). The molecule has 0 bridgehead atoms. The van der Waals surface area contributed by atoms with Gasteiger partial charge in [-0.25, -0.2) is 9.48 Å². The number of rotatable bonds is 7. The fourth-order valence-electron chi connectivity index (χ4n) is 3.02. The number of nitrogens with zero attached hydrogens (tertiary/aromatic N) is 2. The SMILES string of the molecule is CC(=O)[C@@H](Cc1ccccc1)NC(=O)Cn1nc(C(=O)O)c2ccccc2c1=O. The molecular weight excluding hydrogens is 374 g/mol. The van der Waals surface area contributed by atoms with Crippen LogP contribution in [0.15, 0.2) is 59.4 Å². The van der Waals surface area contributed by atoms with Crippen molar-refractivity contribution in [3.05, 3.63) is 76.2 Å². The second-order valence-electron chi connectivity index (χ2n) is 6.58. The lowest BCUT2D eigenvalue weighted by Gasteiger charge is -2.16. The second-order valence-corrected chi connectivity index (χ2v) is 6.58. The van der Waals surface area contributed by atoms with Crippen molar-refractivity contribution in [3.8, 4) is 0 Å². The minimum absolute atomic E-state index is 0.153. The number of carbonyl (C=O) groups excluding carboxylic acids is 2. The molecule has 0 fully saturated rings. The van der Waals surface area contributed by atoms with Crippen LogP contribution in [0, 0.1) is 0 Å². The predicted octanol–water partition coefficient (Wildman–Crippen LogP) is 1.41. The van der Waals surface area contributed by atoms with Crippen molar-refractivity contribution in [2.24, 2.45) is 0 Å². The summed E-state index contributed by atoms with van der Waals surface area (Å²) in [4.78, 5) is 48.5. The van der Waals surface area contributed by atoms with E-state index in [-0.39, 0.29) is 22.2 Å². The van der Waals surface area contributed by atoms with Crippen molar-refractivity contribution >= 4 is 28.4 Å². The highest BCUT2D eigenvalue weighted by atomic mass is 16.4. The predicted molar refractivity (Wildman–Crippen MR) is 106 cm³/mol. The zero-order chi connectivity index (χ0) is 21.0. The van der Waals surface area contributed by atoms with E-state index in [4.69, 9.17) is 0 Å². The molecule has 0 saturated heterocycles. The van der Waals surface area contributed by atoms with Crippen LogP contribution in [0.2, 0.25) is 0 Å². The number of carbonyl (C=O) groups is 3. The van der Waals surface area contributed by atoms with Gasteiger partial charge in [0.05, 0.1) is 11.4 Å². The van der Waals surface area contributed by atoms with Crippen LogP contribution in [0.5, 0.6) is 0 Å². The number of ketones is 1. The summed E-state index contributed by atoms with van der Waals surface area (Å²) in [5.74, 6) is -2.14. The van der Waals surface area contributed by atoms with Crippen LogP contribution in [0.3, 0.4) is 0 Å². The Labute approximate surface area is 165 Å². The molecule has 2 N–H and O–H groups in total. The van der Waals surface area contributed by atoms with E-state index in [2.05, 4.69) is 10.4 Å². The standard InChI is InChI=1S/C21H19N3O5/c1-13(25)17(11-14-7-3-2-4-8-14)22-18(26)12-24-20(27)16-10-6-5-9-15(16)19(23-24)21(28)29/h2-10,17H,11-12H2,1H3,(H,22,26)(H,28,29)/t17-/m1/s1. The molecule has 148 valence electrons. The molecule has 1 heterocycles. The average Bonchev–Trinajstić information content (AvgIpc) is 2.70. The number of amides is 1. The van der Waals surface area contributed by atoms with Crippen LogP contribution in [0.4, 0.5) is 0 Å². The number of fused-ring (bicyclic) bond motifs is 1. The summed E-state index contributed by atoms with van der Waals surface area (Å²) >= 11 is 0. The molecule has 29 heavy (non-hydrogen) atoms. The van der Waals surface area contributed by atoms with Gasteiger partial charge in [-0.15, -0.1) is 0 Å². The Morgan fingerprint density at radius 1 is 1.03 bits per heavy atom. The molecule has 1 aromatic heterocycles. The second kappa shape index (κ2) is 8.47. The number of hydrogen-bond acceptors (Lipinski definition) is 5. The van der Waals surface area contributed by atoms with Gasteiger partial charge in [-0.2, -0.15) is 5.10 Å². The Kier molecular flexibility index (Phi) is 5.82. The summed E-state index contributed by atoms with van der Waals surface area (Å²) in [5.41, 5.74) is -0.0225.